The first-order valence-corrected chi connectivity index (χ1v) is 5.71. The van der Waals surface area contributed by atoms with Crippen molar-refractivity contribution in [3.8, 4) is 0 Å². The third kappa shape index (κ3) is 9.80. The van der Waals surface area contributed by atoms with Crippen molar-refractivity contribution in [2.75, 3.05) is 54.5 Å². The molecule has 0 heterocycles. The molecule has 0 unspecified atom stereocenters. The number of nitrogens with zero attached hydrogens (tertiary/aromatic N) is 2. The van der Waals surface area contributed by atoms with Crippen LogP contribution < -0.4 is 0 Å². The minimum absolute atomic E-state index is 0.300. The van der Waals surface area contributed by atoms with Crippen molar-refractivity contribution in [1.29, 1.82) is 0 Å². The van der Waals surface area contributed by atoms with Gasteiger partial charge in [-0.15, -0.1) is 0 Å². The third-order valence-electron chi connectivity index (χ3n) is 2.20. The number of ether oxygens (including phenoxy) is 2. The van der Waals surface area contributed by atoms with Gasteiger partial charge in [0.25, 0.3) is 0 Å². The topological polar surface area (TPSA) is 59.1 Å². The predicted octanol–water partition coefficient (Wildman–Crippen LogP) is -0.248. The van der Waals surface area contributed by atoms with Crippen LogP contribution in [0, 0.1) is 0 Å². The minimum atomic E-state index is -0.574. The molecule has 0 aromatic heterocycles. The zero-order valence-corrected chi connectivity index (χ0v) is 11.5. The van der Waals surface area contributed by atoms with Gasteiger partial charge in [-0.2, -0.15) is 0 Å². The number of likely N-dealkylation sites (N-methyl/N-ethyl adjacent to an activating group) is 2. The molecule has 0 spiro atoms. The number of carbonyl (C=O) groups excluding carboxylic acids is 2. The smallest absolute Gasteiger partial charge is 0.331 e. The third-order valence-corrected chi connectivity index (χ3v) is 2.20. The van der Waals surface area contributed by atoms with Crippen LogP contribution in [-0.2, 0) is 19.1 Å². The van der Waals surface area contributed by atoms with Gasteiger partial charge in [-0.1, -0.05) is 0 Å². The van der Waals surface area contributed by atoms with Crippen molar-refractivity contribution in [3.63, 3.8) is 0 Å². The molecule has 0 saturated heterocycles. The zero-order chi connectivity index (χ0) is 14.0. The van der Waals surface area contributed by atoms with E-state index in [-0.39, 0.29) is 0 Å². The zero-order valence-electron chi connectivity index (χ0n) is 11.5. The van der Waals surface area contributed by atoms with E-state index in [0.29, 0.717) is 13.2 Å². The Kier molecular flexibility index (Phi) is 8.86. The molecule has 0 radical (unpaired) electrons. The maximum absolute atomic E-state index is 11.2. The van der Waals surface area contributed by atoms with E-state index in [2.05, 4.69) is 14.5 Å². The maximum atomic E-state index is 11.2. The van der Waals surface area contributed by atoms with Crippen molar-refractivity contribution < 1.29 is 19.1 Å². The lowest BCUT2D eigenvalue weighted by atomic mass is 10.5. The van der Waals surface area contributed by atoms with Crippen LogP contribution >= 0.6 is 0 Å². The molecule has 18 heavy (non-hydrogen) atoms. The van der Waals surface area contributed by atoms with Crippen molar-refractivity contribution in [2.45, 2.75) is 0 Å². The van der Waals surface area contributed by atoms with Crippen LogP contribution in [0.25, 0.3) is 0 Å². The molecule has 0 fully saturated rings. The molecule has 0 aliphatic heterocycles. The average Bonchev–Trinajstić information content (AvgIpc) is 2.33. The van der Waals surface area contributed by atoms with Crippen LogP contribution in [0.1, 0.15) is 0 Å². The number of carbonyl (C=O) groups is 2. The second kappa shape index (κ2) is 9.61. The first-order chi connectivity index (χ1) is 8.45. The monoisotopic (exact) mass is 258 g/mol. The highest BCUT2D eigenvalue weighted by atomic mass is 16.5. The van der Waals surface area contributed by atoms with Crippen LogP contribution in [0.5, 0.6) is 0 Å². The molecule has 6 nitrogen and oxygen atoms in total. The van der Waals surface area contributed by atoms with Gasteiger partial charge in [0.2, 0.25) is 0 Å². The van der Waals surface area contributed by atoms with Gasteiger partial charge in [0, 0.05) is 31.8 Å². The molecule has 0 saturated carbocycles. The number of hydrogen-bond acceptors (Lipinski definition) is 6. The summed E-state index contributed by atoms with van der Waals surface area (Å²) < 4.78 is 9.28. The Hall–Kier alpha value is -1.40. The Bertz CT molecular complexity index is 290. The van der Waals surface area contributed by atoms with Gasteiger partial charge < -0.3 is 19.3 Å². The normalized spacial score (nSPS) is 11.2. The molecule has 0 aromatic carbocycles. The molecule has 0 aliphatic rings. The summed E-state index contributed by atoms with van der Waals surface area (Å²) in [6.07, 6.45) is 2.10. The Morgan fingerprint density at radius 1 is 1.00 bits per heavy atom. The second-order valence-electron chi connectivity index (χ2n) is 4.13. The molecule has 0 atom stereocenters. The summed E-state index contributed by atoms with van der Waals surface area (Å²) >= 11 is 0. The summed E-state index contributed by atoms with van der Waals surface area (Å²) in [4.78, 5) is 26.0. The number of methoxy groups -OCH3 is 1. The first-order valence-electron chi connectivity index (χ1n) is 5.71. The van der Waals surface area contributed by atoms with Crippen LogP contribution in [0.15, 0.2) is 12.2 Å². The van der Waals surface area contributed by atoms with Gasteiger partial charge in [-0.25, -0.2) is 9.59 Å². The fraction of sp³-hybridized carbons (Fsp3) is 0.667. The Labute approximate surface area is 108 Å². The van der Waals surface area contributed by atoms with E-state index < -0.39 is 11.9 Å². The van der Waals surface area contributed by atoms with E-state index in [4.69, 9.17) is 4.74 Å². The SMILES string of the molecule is COC(=O)/C=C/C(=O)OCCN(C)CCN(C)C. The molecular weight excluding hydrogens is 236 g/mol. The molecular formula is C12H22N2O4. The molecule has 0 amide bonds. The summed E-state index contributed by atoms with van der Waals surface area (Å²) in [5.41, 5.74) is 0. The lowest BCUT2D eigenvalue weighted by molar-refractivity contribution is -0.139. The van der Waals surface area contributed by atoms with Gasteiger partial charge in [-0.05, 0) is 21.1 Å². The van der Waals surface area contributed by atoms with Gasteiger partial charge in [0.05, 0.1) is 7.11 Å². The highest BCUT2D eigenvalue weighted by Gasteiger charge is 2.02. The van der Waals surface area contributed by atoms with Crippen LogP contribution in [0.4, 0.5) is 0 Å². The molecule has 104 valence electrons. The fourth-order valence-corrected chi connectivity index (χ4v) is 1.04. The highest BCUT2D eigenvalue weighted by molar-refractivity contribution is 5.91. The second-order valence-corrected chi connectivity index (χ2v) is 4.13. The minimum Gasteiger partial charge on any atom is -0.466 e. The van der Waals surface area contributed by atoms with Gasteiger partial charge in [0.1, 0.15) is 6.61 Å². The molecule has 0 aliphatic carbocycles. The van der Waals surface area contributed by atoms with Crippen LogP contribution in [0.2, 0.25) is 0 Å². The summed E-state index contributed by atoms with van der Waals surface area (Å²) in [5, 5.41) is 0. The van der Waals surface area contributed by atoms with Crippen molar-refractivity contribution in [1.82, 2.24) is 9.80 Å². The van der Waals surface area contributed by atoms with E-state index >= 15 is 0 Å². The van der Waals surface area contributed by atoms with Crippen molar-refractivity contribution in [3.05, 3.63) is 12.2 Å². The van der Waals surface area contributed by atoms with Crippen molar-refractivity contribution >= 4 is 11.9 Å². The van der Waals surface area contributed by atoms with E-state index in [1.807, 2.05) is 21.1 Å². The van der Waals surface area contributed by atoms with E-state index in [1.165, 1.54) is 7.11 Å². The first kappa shape index (κ1) is 16.6. The number of esters is 2. The summed E-state index contributed by atoms with van der Waals surface area (Å²) in [6, 6.07) is 0. The highest BCUT2D eigenvalue weighted by Crippen LogP contribution is 1.88. The van der Waals surface area contributed by atoms with Gasteiger partial charge in [0.15, 0.2) is 0 Å². The average molecular weight is 258 g/mol. The Morgan fingerprint density at radius 2 is 1.61 bits per heavy atom. The lowest BCUT2D eigenvalue weighted by Crippen LogP contribution is -2.31. The van der Waals surface area contributed by atoms with E-state index in [0.717, 1.165) is 25.2 Å². The number of hydrogen-bond donors (Lipinski definition) is 0. The largest absolute Gasteiger partial charge is 0.466 e. The Balaban J connectivity index is 3.67. The molecule has 0 bridgehead atoms. The standard InChI is InChI=1S/C12H22N2O4/c1-13(2)7-8-14(3)9-10-18-12(16)6-5-11(15)17-4/h5-6H,7-10H2,1-4H3/b6-5+. The summed E-state index contributed by atoms with van der Waals surface area (Å²) in [5.74, 6) is -1.11. The number of rotatable bonds is 8. The Morgan fingerprint density at radius 3 is 2.17 bits per heavy atom. The van der Waals surface area contributed by atoms with Gasteiger partial charge >= 0.3 is 11.9 Å². The van der Waals surface area contributed by atoms with Crippen molar-refractivity contribution in [2.24, 2.45) is 0 Å². The van der Waals surface area contributed by atoms with Crippen LogP contribution in [-0.4, -0.2) is 76.2 Å². The van der Waals surface area contributed by atoms with Crippen LogP contribution in [0.3, 0.4) is 0 Å². The van der Waals surface area contributed by atoms with Gasteiger partial charge in [-0.3, -0.25) is 0 Å². The summed E-state index contributed by atoms with van der Waals surface area (Å²) in [7, 11) is 7.22. The predicted molar refractivity (Wildman–Crippen MR) is 68.2 cm³/mol. The molecule has 0 N–H and O–H groups in total. The fourth-order valence-electron chi connectivity index (χ4n) is 1.04. The summed E-state index contributed by atoms with van der Waals surface area (Å²) in [6.45, 7) is 2.81. The van der Waals surface area contributed by atoms with E-state index in [1.54, 1.807) is 0 Å². The maximum Gasteiger partial charge on any atom is 0.331 e. The molecule has 0 aromatic rings. The van der Waals surface area contributed by atoms with E-state index in [9.17, 15) is 9.59 Å². The lowest BCUT2D eigenvalue weighted by Gasteiger charge is -2.18. The molecule has 0 rings (SSSR count). The quantitative estimate of drug-likeness (QED) is 0.442. The molecule has 6 heteroatoms.